The number of carbonyl (C=O) groups is 1. The molecule has 1 heterocycles. The van der Waals surface area contributed by atoms with Gasteiger partial charge in [-0.3, -0.25) is 4.79 Å². The van der Waals surface area contributed by atoms with E-state index in [-0.39, 0.29) is 18.3 Å². The summed E-state index contributed by atoms with van der Waals surface area (Å²) in [6.45, 7) is 1.88. The van der Waals surface area contributed by atoms with Gasteiger partial charge in [-0.05, 0) is 56.0 Å². The van der Waals surface area contributed by atoms with Gasteiger partial charge < -0.3 is 10.6 Å². The first-order valence-corrected chi connectivity index (χ1v) is 7.08. The molecular weight excluding hydrogens is 317 g/mol. The molecule has 0 spiro atoms. The van der Waals surface area contributed by atoms with Crippen molar-refractivity contribution >= 4 is 18.3 Å². The summed E-state index contributed by atoms with van der Waals surface area (Å²) in [7, 11) is 0. The van der Waals surface area contributed by atoms with Crippen LogP contribution in [0.25, 0.3) is 0 Å². The molecule has 0 aliphatic carbocycles. The van der Waals surface area contributed by atoms with Gasteiger partial charge >= 0.3 is 6.18 Å². The monoisotopic (exact) mass is 336 g/mol. The maximum atomic E-state index is 12.5. The first-order chi connectivity index (χ1) is 9.91. The average molecular weight is 337 g/mol. The van der Waals surface area contributed by atoms with Gasteiger partial charge in [0.05, 0.1) is 5.56 Å². The predicted molar refractivity (Wildman–Crippen MR) is 81.0 cm³/mol. The molecule has 1 aromatic rings. The molecule has 124 valence electrons. The molecule has 7 heteroatoms. The van der Waals surface area contributed by atoms with Crippen molar-refractivity contribution in [2.75, 3.05) is 19.6 Å². The Morgan fingerprint density at radius 3 is 2.45 bits per heavy atom. The first-order valence-electron chi connectivity index (χ1n) is 7.08. The van der Waals surface area contributed by atoms with Gasteiger partial charge in [-0.15, -0.1) is 12.4 Å². The average Bonchev–Trinajstić information content (AvgIpc) is 2.46. The van der Waals surface area contributed by atoms with Gasteiger partial charge in [-0.1, -0.05) is 0 Å². The van der Waals surface area contributed by atoms with Crippen LogP contribution in [0.4, 0.5) is 13.2 Å². The van der Waals surface area contributed by atoms with Gasteiger partial charge in [-0.2, -0.15) is 13.2 Å². The van der Waals surface area contributed by atoms with Crippen LogP contribution in [0.3, 0.4) is 0 Å². The normalized spacial score (nSPS) is 18.7. The topological polar surface area (TPSA) is 46.3 Å². The Morgan fingerprint density at radius 1 is 1.27 bits per heavy atom. The Morgan fingerprint density at radius 2 is 1.91 bits per heavy atom. The second-order valence-electron chi connectivity index (χ2n) is 5.41. The highest BCUT2D eigenvalue weighted by Gasteiger charge is 2.31. The number of nitrogens with two attached hydrogens (primary N) is 1. The number of hydrogen-bond acceptors (Lipinski definition) is 2. The maximum absolute atomic E-state index is 12.5. The molecule has 3 nitrogen and oxygen atoms in total. The lowest BCUT2D eigenvalue weighted by Gasteiger charge is -2.32. The lowest BCUT2D eigenvalue weighted by molar-refractivity contribution is -0.137. The van der Waals surface area contributed by atoms with Crippen molar-refractivity contribution in [1.82, 2.24) is 4.90 Å². The second kappa shape index (κ2) is 7.83. The molecule has 0 radical (unpaired) electrons. The number of halogens is 4. The van der Waals surface area contributed by atoms with Crippen LogP contribution in [0.5, 0.6) is 0 Å². The summed E-state index contributed by atoms with van der Waals surface area (Å²) in [5, 5.41) is 0. The van der Waals surface area contributed by atoms with Crippen LogP contribution in [0.2, 0.25) is 0 Å². The van der Waals surface area contributed by atoms with Crippen LogP contribution in [0, 0.1) is 5.92 Å². The van der Waals surface area contributed by atoms with Crippen LogP contribution < -0.4 is 5.73 Å². The molecule has 22 heavy (non-hydrogen) atoms. The summed E-state index contributed by atoms with van der Waals surface area (Å²) in [6.07, 6.45) is -1.54. The Hall–Kier alpha value is -1.27. The number of hydrogen-bond donors (Lipinski definition) is 1. The van der Waals surface area contributed by atoms with Crippen molar-refractivity contribution in [3.8, 4) is 0 Å². The number of piperidine rings is 1. The lowest BCUT2D eigenvalue weighted by atomic mass is 9.94. The third kappa shape index (κ3) is 4.61. The number of likely N-dealkylation sites (tertiary alicyclic amines) is 1. The Labute approximate surface area is 134 Å². The molecule has 1 aliphatic rings. The van der Waals surface area contributed by atoms with E-state index in [1.54, 1.807) is 4.90 Å². The summed E-state index contributed by atoms with van der Waals surface area (Å²) in [6, 6.07) is 4.40. The second-order valence-corrected chi connectivity index (χ2v) is 5.41. The fourth-order valence-electron chi connectivity index (χ4n) is 2.71. The van der Waals surface area contributed by atoms with E-state index in [1.165, 1.54) is 12.1 Å². The third-order valence-corrected chi connectivity index (χ3v) is 3.84. The van der Waals surface area contributed by atoms with E-state index >= 15 is 0 Å². The van der Waals surface area contributed by atoms with Crippen LogP contribution in [0.1, 0.15) is 35.2 Å². The van der Waals surface area contributed by atoms with Gasteiger partial charge in [0, 0.05) is 18.7 Å². The zero-order valence-electron chi connectivity index (χ0n) is 12.1. The summed E-state index contributed by atoms with van der Waals surface area (Å²) in [5.41, 5.74) is 5.10. The van der Waals surface area contributed by atoms with Crippen molar-refractivity contribution in [3.05, 3.63) is 35.4 Å². The van der Waals surface area contributed by atoms with Gasteiger partial charge in [0.25, 0.3) is 5.91 Å². The first kappa shape index (κ1) is 18.8. The fourth-order valence-corrected chi connectivity index (χ4v) is 2.71. The van der Waals surface area contributed by atoms with Crippen molar-refractivity contribution < 1.29 is 18.0 Å². The van der Waals surface area contributed by atoms with E-state index in [4.69, 9.17) is 5.73 Å². The molecule has 1 atom stereocenters. The minimum absolute atomic E-state index is 0. The minimum Gasteiger partial charge on any atom is -0.338 e. The number of nitrogens with zero attached hydrogens (tertiary/aromatic N) is 1. The van der Waals surface area contributed by atoms with Crippen molar-refractivity contribution in [3.63, 3.8) is 0 Å². The summed E-state index contributed by atoms with van der Waals surface area (Å²) >= 11 is 0. The highest BCUT2D eigenvalue weighted by molar-refractivity contribution is 5.94. The smallest absolute Gasteiger partial charge is 0.338 e. The van der Waals surface area contributed by atoms with Crippen LogP contribution in [-0.2, 0) is 6.18 Å². The summed E-state index contributed by atoms with van der Waals surface area (Å²) in [4.78, 5) is 14.0. The van der Waals surface area contributed by atoms with Crippen molar-refractivity contribution in [2.24, 2.45) is 11.7 Å². The van der Waals surface area contributed by atoms with Gasteiger partial charge in [0.2, 0.25) is 0 Å². The fraction of sp³-hybridized carbons (Fsp3) is 0.533. The summed E-state index contributed by atoms with van der Waals surface area (Å²) in [5.74, 6) is 0.188. The van der Waals surface area contributed by atoms with E-state index in [0.29, 0.717) is 31.1 Å². The van der Waals surface area contributed by atoms with Gasteiger partial charge in [-0.25, -0.2) is 0 Å². The Kier molecular flexibility index (Phi) is 6.68. The molecule has 2 rings (SSSR count). The van der Waals surface area contributed by atoms with E-state index in [0.717, 1.165) is 31.4 Å². The molecule has 1 aliphatic heterocycles. The molecule has 2 N–H and O–H groups in total. The number of carbonyl (C=O) groups excluding carboxylic acids is 1. The van der Waals surface area contributed by atoms with E-state index in [1.807, 2.05) is 0 Å². The molecule has 0 saturated carbocycles. The molecule has 1 aromatic carbocycles. The maximum Gasteiger partial charge on any atom is 0.416 e. The van der Waals surface area contributed by atoms with Crippen LogP contribution >= 0.6 is 12.4 Å². The minimum atomic E-state index is -4.38. The molecular formula is C15H20ClF3N2O. The zero-order chi connectivity index (χ0) is 15.5. The molecule has 0 aromatic heterocycles. The largest absolute Gasteiger partial charge is 0.416 e. The summed E-state index contributed by atoms with van der Waals surface area (Å²) < 4.78 is 37.5. The number of amides is 1. The van der Waals surface area contributed by atoms with E-state index in [9.17, 15) is 18.0 Å². The van der Waals surface area contributed by atoms with Crippen molar-refractivity contribution in [1.29, 1.82) is 0 Å². The number of alkyl halides is 3. The number of benzene rings is 1. The SMILES string of the molecule is Cl.NCCC1CCCN(C(=O)c2ccc(C(F)(F)F)cc2)C1. The highest BCUT2D eigenvalue weighted by Crippen LogP contribution is 2.29. The van der Waals surface area contributed by atoms with Crippen LogP contribution in [-0.4, -0.2) is 30.4 Å². The molecule has 1 saturated heterocycles. The van der Waals surface area contributed by atoms with Gasteiger partial charge in [0.15, 0.2) is 0 Å². The Bertz CT molecular complexity index is 489. The van der Waals surface area contributed by atoms with E-state index in [2.05, 4.69) is 0 Å². The standard InChI is InChI=1S/C15H19F3N2O.ClH/c16-15(17,18)13-5-3-12(4-6-13)14(21)20-9-1-2-11(10-20)7-8-19;/h3-6,11H,1-2,7-10,19H2;1H. The molecule has 1 fully saturated rings. The quantitative estimate of drug-likeness (QED) is 0.920. The lowest BCUT2D eigenvalue weighted by Crippen LogP contribution is -2.40. The van der Waals surface area contributed by atoms with Gasteiger partial charge in [0.1, 0.15) is 0 Å². The third-order valence-electron chi connectivity index (χ3n) is 3.84. The Balaban J connectivity index is 0.00000242. The van der Waals surface area contributed by atoms with Crippen molar-refractivity contribution in [2.45, 2.75) is 25.4 Å². The number of rotatable bonds is 3. The highest BCUT2D eigenvalue weighted by atomic mass is 35.5. The zero-order valence-corrected chi connectivity index (χ0v) is 12.9. The molecule has 1 amide bonds. The van der Waals surface area contributed by atoms with Crippen LogP contribution in [0.15, 0.2) is 24.3 Å². The van der Waals surface area contributed by atoms with E-state index < -0.39 is 11.7 Å². The molecule has 0 bridgehead atoms. The molecule has 1 unspecified atom stereocenters. The predicted octanol–water partition coefficient (Wildman–Crippen LogP) is 3.33.